The SMILES string of the molecule is CCOc1cc2c(cc1OC)-c1cc(=Nc3c(C)cc(C)cc3C)n(CCC3=NNNN3)c(=O)n1CC2. The van der Waals surface area contributed by atoms with Crippen LogP contribution in [-0.4, -0.2) is 28.7 Å². The molecule has 2 aliphatic rings. The number of nitrogens with one attached hydrogen (secondary N) is 3. The maximum atomic E-state index is 13.9. The summed E-state index contributed by atoms with van der Waals surface area (Å²) in [6.45, 7) is 9.69. The second-order valence-electron chi connectivity index (χ2n) is 9.35. The molecule has 0 bridgehead atoms. The van der Waals surface area contributed by atoms with Crippen LogP contribution in [0.1, 0.15) is 35.6 Å². The minimum Gasteiger partial charge on any atom is -0.493 e. The third kappa shape index (κ3) is 4.72. The summed E-state index contributed by atoms with van der Waals surface area (Å²) < 4.78 is 15.0. The van der Waals surface area contributed by atoms with Gasteiger partial charge in [0.2, 0.25) is 0 Å². The molecule has 37 heavy (non-hydrogen) atoms. The fraction of sp³-hybridized carbons (Fsp3) is 0.370. The number of aryl methyl sites for hydroxylation is 4. The van der Waals surface area contributed by atoms with E-state index in [9.17, 15) is 4.79 Å². The summed E-state index contributed by atoms with van der Waals surface area (Å²) in [5.41, 5.74) is 16.0. The van der Waals surface area contributed by atoms with E-state index in [0.29, 0.717) is 43.1 Å². The highest BCUT2D eigenvalue weighted by atomic mass is 16.5. The van der Waals surface area contributed by atoms with Crippen LogP contribution in [0.15, 0.2) is 45.2 Å². The van der Waals surface area contributed by atoms with E-state index < -0.39 is 0 Å². The molecule has 0 unspecified atom stereocenters. The first-order valence-corrected chi connectivity index (χ1v) is 12.5. The van der Waals surface area contributed by atoms with Crippen molar-refractivity contribution in [3.8, 4) is 22.8 Å². The molecule has 0 saturated heterocycles. The second kappa shape index (κ2) is 10.1. The molecule has 3 heterocycles. The lowest BCUT2D eigenvalue weighted by molar-refractivity contribution is 0.310. The van der Waals surface area contributed by atoms with E-state index in [1.54, 1.807) is 11.7 Å². The summed E-state index contributed by atoms with van der Waals surface area (Å²) in [5, 5.41) is 4.16. The quantitative estimate of drug-likeness (QED) is 0.458. The third-order valence-corrected chi connectivity index (χ3v) is 6.75. The van der Waals surface area contributed by atoms with Gasteiger partial charge in [-0.1, -0.05) is 17.7 Å². The van der Waals surface area contributed by atoms with Crippen molar-refractivity contribution in [2.45, 2.75) is 53.6 Å². The van der Waals surface area contributed by atoms with Gasteiger partial charge < -0.3 is 9.47 Å². The molecule has 0 saturated carbocycles. The van der Waals surface area contributed by atoms with Crippen molar-refractivity contribution in [2.24, 2.45) is 10.1 Å². The molecule has 1 aromatic heterocycles. The van der Waals surface area contributed by atoms with Crippen LogP contribution in [0.4, 0.5) is 5.69 Å². The van der Waals surface area contributed by atoms with Crippen molar-refractivity contribution >= 4 is 11.5 Å². The Balaban J connectivity index is 1.72. The van der Waals surface area contributed by atoms with Crippen molar-refractivity contribution in [3.05, 3.63) is 68.6 Å². The molecular formula is C27H33N7O3. The van der Waals surface area contributed by atoms with E-state index in [1.165, 1.54) is 5.56 Å². The third-order valence-electron chi connectivity index (χ3n) is 6.75. The number of aromatic nitrogens is 2. The molecule has 2 aromatic carbocycles. The molecule has 0 spiro atoms. The number of ether oxygens (including phenoxy) is 2. The monoisotopic (exact) mass is 503 g/mol. The highest BCUT2D eigenvalue weighted by Crippen LogP contribution is 2.37. The second-order valence-corrected chi connectivity index (χ2v) is 9.35. The van der Waals surface area contributed by atoms with Gasteiger partial charge in [-0.3, -0.25) is 14.6 Å². The van der Waals surface area contributed by atoms with Gasteiger partial charge in [0.25, 0.3) is 0 Å². The molecule has 0 atom stereocenters. The van der Waals surface area contributed by atoms with Gasteiger partial charge in [0.15, 0.2) is 11.5 Å². The van der Waals surface area contributed by atoms with E-state index in [2.05, 4.69) is 54.5 Å². The number of hydrogen-bond donors (Lipinski definition) is 3. The fourth-order valence-electron chi connectivity index (χ4n) is 5.10. The van der Waals surface area contributed by atoms with Crippen LogP contribution in [0.3, 0.4) is 0 Å². The average Bonchev–Trinajstić information content (AvgIpc) is 3.39. The number of methoxy groups -OCH3 is 1. The Hall–Kier alpha value is -4.05. The topological polar surface area (TPSA) is 106 Å². The fourth-order valence-corrected chi connectivity index (χ4v) is 5.10. The van der Waals surface area contributed by atoms with Crippen molar-refractivity contribution in [3.63, 3.8) is 0 Å². The summed E-state index contributed by atoms with van der Waals surface area (Å²) >= 11 is 0. The maximum absolute atomic E-state index is 13.9. The van der Waals surface area contributed by atoms with Gasteiger partial charge in [0, 0.05) is 31.1 Å². The summed E-state index contributed by atoms with van der Waals surface area (Å²) in [5.74, 6) is 2.09. The van der Waals surface area contributed by atoms with Gasteiger partial charge >= 0.3 is 5.69 Å². The van der Waals surface area contributed by atoms with Crippen molar-refractivity contribution in [2.75, 3.05) is 13.7 Å². The Labute approximate surface area is 215 Å². The number of rotatable bonds is 7. The first kappa shape index (κ1) is 24.6. The van der Waals surface area contributed by atoms with Crippen LogP contribution < -0.4 is 37.1 Å². The minimum atomic E-state index is -0.100. The molecule has 2 aliphatic heterocycles. The van der Waals surface area contributed by atoms with Gasteiger partial charge in [-0.2, -0.15) is 0 Å². The van der Waals surface area contributed by atoms with Crippen molar-refractivity contribution < 1.29 is 9.47 Å². The van der Waals surface area contributed by atoms with Gasteiger partial charge in [0.1, 0.15) is 11.3 Å². The number of amidine groups is 1. The summed E-state index contributed by atoms with van der Waals surface area (Å²) in [6.07, 6.45) is 1.26. The maximum Gasteiger partial charge on any atom is 0.330 e. The van der Waals surface area contributed by atoms with E-state index in [-0.39, 0.29) is 5.69 Å². The minimum absolute atomic E-state index is 0.100. The van der Waals surface area contributed by atoms with Crippen molar-refractivity contribution in [1.82, 2.24) is 25.6 Å². The van der Waals surface area contributed by atoms with Crippen LogP contribution in [0, 0.1) is 20.8 Å². The highest BCUT2D eigenvalue weighted by Gasteiger charge is 2.23. The molecule has 194 valence electrons. The molecular weight excluding hydrogens is 470 g/mol. The summed E-state index contributed by atoms with van der Waals surface area (Å²) in [4.78, 5) is 19.0. The lowest BCUT2D eigenvalue weighted by Gasteiger charge is -2.25. The average molecular weight is 504 g/mol. The summed E-state index contributed by atoms with van der Waals surface area (Å²) in [6, 6.07) is 10.2. The molecule has 0 amide bonds. The van der Waals surface area contributed by atoms with Gasteiger partial charge in [0.05, 0.1) is 25.1 Å². The Kier molecular flexibility index (Phi) is 6.75. The molecule has 0 radical (unpaired) electrons. The Bertz CT molecular complexity index is 1490. The van der Waals surface area contributed by atoms with Crippen LogP contribution in [0.5, 0.6) is 11.5 Å². The number of hydrazine groups is 2. The Morgan fingerprint density at radius 1 is 1.08 bits per heavy atom. The number of hydrazone groups is 1. The van der Waals surface area contributed by atoms with Gasteiger partial charge in [-0.05, 0) is 62.9 Å². The van der Waals surface area contributed by atoms with E-state index in [0.717, 1.165) is 45.9 Å². The van der Waals surface area contributed by atoms with Crippen LogP contribution in [-0.2, 0) is 19.5 Å². The first-order chi connectivity index (χ1) is 17.9. The van der Waals surface area contributed by atoms with E-state index in [4.69, 9.17) is 14.5 Å². The highest BCUT2D eigenvalue weighted by molar-refractivity contribution is 5.82. The predicted molar refractivity (Wildman–Crippen MR) is 143 cm³/mol. The van der Waals surface area contributed by atoms with Gasteiger partial charge in [-0.25, -0.2) is 15.3 Å². The number of hydrogen-bond acceptors (Lipinski definition) is 8. The zero-order valence-electron chi connectivity index (χ0n) is 21.9. The van der Waals surface area contributed by atoms with Gasteiger partial charge in [-0.15, -0.1) is 10.6 Å². The smallest absolute Gasteiger partial charge is 0.330 e. The Morgan fingerprint density at radius 2 is 1.86 bits per heavy atom. The molecule has 3 aromatic rings. The molecule has 10 heteroatoms. The van der Waals surface area contributed by atoms with Crippen LogP contribution in [0.25, 0.3) is 11.3 Å². The molecule has 5 rings (SSSR count). The summed E-state index contributed by atoms with van der Waals surface area (Å²) in [7, 11) is 1.63. The molecule has 3 N–H and O–H groups in total. The Morgan fingerprint density at radius 3 is 2.54 bits per heavy atom. The normalized spacial score (nSPS) is 14.4. The zero-order chi connectivity index (χ0) is 26.1. The lowest BCUT2D eigenvalue weighted by atomic mass is 9.97. The predicted octanol–water partition coefficient (Wildman–Crippen LogP) is 2.75. The van der Waals surface area contributed by atoms with Crippen molar-refractivity contribution in [1.29, 1.82) is 0 Å². The number of nitrogens with zero attached hydrogens (tertiary/aromatic N) is 4. The van der Waals surface area contributed by atoms with Crippen LogP contribution in [0.2, 0.25) is 0 Å². The zero-order valence-corrected chi connectivity index (χ0v) is 21.9. The number of benzene rings is 2. The van der Waals surface area contributed by atoms with Crippen LogP contribution >= 0.6 is 0 Å². The first-order valence-electron chi connectivity index (χ1n) is 12.5. The number of fused-ring (bicyclic) bond motifs is 3. The molecule has 10 nitrogen and oxygen atoms in total. The standard InChI is InChI=1S/C27H33N7O3/c1-6-37-23-13-19-7-9-33-21(20(19)14-22(23)36-5)15-25(28-26-17(3)11-16(2)12-18(26)4)34(27(33)35)10-8-24-29-31-32-30-24/h11-15,31-32H,6-10H2,1-5H3,(H,29,30). The van der Waals surface area contributed by atoms with E-state index in [1.807, 2.05) is 29.7 Å². The lowest BCUT2D eigenvalue weighted by Crippen LogP contribution is -2.43. The molecule has 0 fully saturated rings. The molecule has 0 aliphatic carbocycles. The van der Waals surface area contributed by atoms with E-state index >= 15 is 0 Å². The largest absolute Gasteiger partial charge is 0.493 e.